The molecule has 2 rings (SSSR count). The molecule has 1 unspecified atom stereocenters. The molecule has 0 saturated carbocycles. The van der Waals surface area contributed by atoms with Crippen LogP contribution in [0.15, 0.2) is 24.3 Å². The van der Waals surface area contributed by atoms with E-state index < -0.39 is 0 Å². The van der Waals surface area contributed by atoms with Crippen LogP contribution in [0.5, 0.6) is 0 Å². The molecule has 0 spiro atoms. The molecule has 1 heterocycles. The lowest BCUT2D eigenvalue weighted by Crippen LogP contribution is -2.46. The first-order valence-electron chi connectivity index (χ1n) is 7.64. The van der Waals surface area contributed by atoms with Gasteiger partial charge >= 0.3 is 0 Å². The monoisotopic (exact) mass is 295 g/mol. The van der Waals surface area contributed by atoms with Gasteiger partial charge in [-0.3, -0.25) is 4.90 Å². The van der Waals surface area contributed by atoms with E-state index >= 15 is 0 Å². The highest BCUT2D eigenvalue weighted by atomic mass is 35.5. The molecule has 1 aromatic rings. The van der Waals surface area contributed by atoms with Gasteiger partial charge in [0, 0.05) is 32.2 Å². The summed E-state index contributed by atoms with van der Waals surface area (Å²) in [4.78, 5) is 4.94. The van der Waals surface area contributed by atoms with Crippen molar-refractivity contribution < 1.29 is 0 Å². The second kappa shape index (κ2) is 7.87. The minimum atomic E-state index is 0.340. The highest BCUT2D eigenvalue weighted by molar-refractivity contribution is 6.33. The van der Waals surface area contributed by atoms with Crippen molar-refractivity contribution in [3.05, 3.63) is 29.3 Å². The molecular weight excluding hydrogens is 270 g/mol. The molecule has 112 valence electrons. The molecule has 20 heavy (non-hydrogen) atoms. The zero-order valence-corrected chi connectivity index (χ0v) is 13.1. The Morgan fingerprint density at radius 2 is 1.85 bits per heavy atom. The van der Waals surface area contributed by atoms with Crippen LogP contribution in [0, 0.1) is 0 Å². The molecule has 1 saturated heterocycles. The quantitative estimate of drug-likeness (QED) is 0.819. The van der Waals surface area contributed by atoms with Gasteiger partial charge < -0.3 is 10.6 Å². The number of para-hydroxylation sites is 1. The Hall–Kier alpha value is -0.770. The molecule has 0 amide bonds. The molecule has 0 aliphatic carbocycles. The van der Waals surface area contributed by atoms with Crippen molar-refractivity contribution in [1.29, 1.82) is 0 Å². The smallest absolute Gasteiger partial charge is 0.0639 e. The predicted molar refractivity (Wildman–Crippen MR) is 87.6 cm³/mol. The molecule has 0 bridgehead atoms. The molecule has 1 aliphatic heterocycles. The maximum atomic E-state index is 6.26. The fraction of sp³-hybridized carbons (Fsp3) is 0.625. The van der Waals surface area contributed by atoms with E-state index in [-0.39, 0.29) is 0 Å². The molecule has 0 radical (unpaired) electrons. The summed E-state index contributed by atoms with van der Waals surface area (Å²) >= 11 is 6.26. The molecule has 1 aromatic carbocycles. The molecule has 1 atom stereocenters. The number of anilines is 1. The highest BCUT2D eigenvalue weighted by Crippen LogP contribution is 2.26. The lowest BCUT2D eigenvalue weighted by Gasteiger charge is -2.36. The second-order valence-corrected chi connectivity index (χ2v) is 6.16. The number of piperazine rings is 1. The third-order valence-corrected chi connectivity index (χ3v) is 4.27. The van der Waals surface area contributed by atoms with Gasteiger partial charge in [-0.1, -0.05) is 30.2 Å². The first-order valence-corrected chi connectivity index (χ1v) is 8.02. The summed E-state index contributed by atoms with van der Waals surface area (Å²) in [7, 11) is 0. The molecule has 4 heteroatoms. The Bertz CT molecular complexity index is 400. The van der Waals surface area contributed by atoms with Crippen LogP contribution in [0.1, 0.15) is 26.2 Å². The number of halogens is 1. The van der Waals surface area contributed by atoms with E-state index in [1.165, 1.54) is 25.1 Å². The fourth-order valence-electron chi connectivity index (χ4n) is 2.72. The van der Waals surface area contributed by atoms with E-state index in [0.717, 1.165) is 37.6 Å². The van der Waals surface area contributed by atoms with Crippen LogP contribution in [0.2, 0.25) is 5.02 Å². The first-order chi connectivity index (χ1) is 9.66. The van der Waals surface area contributed by atoms with Gasteiger partial charge in [0.15, 0.2) is 0 Å². The Morgan fingerprint density at radius 1 is 1.15 bits per heavy atom. The average Bonchev–Trinajstić information content (AvgIpc) is 2.45. The summed E-state index contributed by atoms with van der Waals surface area (Å²) < 4.78 is 0. The van der Waals surface area contributed by atoms with Crippen molar-refractivity contribution in [3.63, 3.8) is 0 Å². The van der Waals surface area contributed by atoms with Crippen LogP contribution in [-0.2, 0) is 0 Å². The Kier molecular flexibility index (Phi) is 6.14. The minimum Gasteiger partial charge on any atom is -0.368 e. The Morgan fingerprint density at radius 3 is 2.50 bits per heavy atom. The number of benzene rings is 1. The summed E-state index contributed by atoms with van der Waals surface area (Å²) in [5.41, 5.74) is 6.95. The molecule has 1 fully saturated rings. The third-order valence-electron chi connectivity index (χ3n) is 3.95. The van der Waals surface area contributed by atoms with Crippen LogP contribution in [0.3, 0.4) is 0 Å². The van der Waals surface area contributed by atoms with Crippen molar-refractivity contribution in [1.82, 2.24) is 4.90 Å². The Balaban J connectivity index is 1.71. The largest absolute Gasteiger partial charge is 0.368 e. The van der Waals surface area contributed by atoms with E-state index in [1.54, 1.807) is 0 Å². The lowest BCUT2D eigenvalue weighted by atomic mass is 10.1. The first kappa shape index (κ1) is 15.6. The summed E-state index contributed by atoms with van der Waals surface area (Å²) in [5.74, 6) is 0. The molecule has 3 nitrogen and oxygen atoms in total. The molecule has 1 aliphatic rings. The third kappa shape index (κ3) is 4.65. The van der Waals surface area contributed by atoms with E-state index in [4.69, 9.17) is 17.3 Å². The normalized spacial score (nSPS) is 18.2. The number of nitrogens with two attached hydrogens (primary N) is 1. The fourth-order valence-corrected chi connectivity index (χ4v) is 2.98. The minimum absolute atomic E-state index is 0.340. The van der Waals surface area contributed by atoms with Crippen LogP contribution < -0.4 is 10.6 Å². The van der Waals surface area contributed by atoms with E-state index in [2.05, 4.69) is 28.9 Å². The van der Waals surface area contributed by atoms with Gasteiger partial charge in [-0.05, 0) is 38.4 Å². The molecule has 2 N–H and O–H groups in total. The molecule has 0 aromatic heterocycles. The van der Waals surface area contributed by atoms with E-state index in [9.17, 15) is 0 Å². The standard InChI is InChI=1S/C16H26ClN3/c1-14(18)6-4-5-9-19-10-12-20(13-11-19)16-8-3-2-7-15(16)17/h2-3,7-8,14H,4-6,9-13,18H2,1H3. The van der Waals surface area contributed by atoms with Crippen LogP contribution in [0.25, 0.3) is 0 Å². The number of nitrogens with zero attached hydrogens (tertiary/aromatic N) is 2. The highest BCUT2D eigenvalue weighted by Gasteiger charge is 2.18. The Labute approximate surface area is 127 Å². The van der Waals surface area contributed by atoms with Gasteiger partial charge in [0.25, 0.3) is 0 Å². The van der Waals surface area contributed by atoms with Gasteiger partial charge in [0.1, 0.15) is 0 Å². The number of rotatable bonds is 6. The maximum Gasteiger partial charge on any atom is 0.0639 e. The van der Waals surface area contributed by atoms with Gasteiger partial charge in [-0.15, -0.1) is 0 Å². The van der Waals surface area contributed by atoms with Crippen molar-refractivity contribution in [2.75, 3.05) is 37.6 Å². The van der Waals surface area contributed by atoms with Crippen molar-refractivity contribution in [2.45, 2.75) is 32.2 Å². The van der Waals surface area contributed by atoms with Gasteiger partial charge in [-0.2, -0.15) is 0 Å². The summed E-state index contributed by atoms with van der Waals surface area (Å²) in [6.07, 6.45) is 3.63. The average molecular weight is 296 g/mol. The van der Waals surface area contributed by atoms with Crippen molar-refractivity contribution in [3.8, 4) is 0 Å². The number of hydrogen-bond donors (Lipinski definition) is 1. The van der Waals surface area contributed by atoms with Gasteiger partial charge in [0.05, 0.1) is 10.7 Å². The van der Waals surface area contributed by atoms with Gasteiger partial charge in [0.2, 0.25) is 0 Å². The van der Waals surface area contributed by atoms with E-state index in [1.807, 2.05) is 12.1 Å². The maximum absolute atomic E-state index is 6.26. The zero-order chi connectivity index (χ0) is 14.4. The van der Waals surface area contributed by atoms with Crippen molar-refractivity contribution in [2.24, 2.45) is 5.73 Å². The summed E-state index contributed by atoms with van der Waals surface area (Å²) in [6.45, 7) is 7.67. The van der Waals surface area contributed by atoms with Gasteiger partial charge in [-0.25, -0.2) is 0 Å². The summed E-state index contributed by atoms with van der Waals surface area (Å²) in [6, 6.07) is 8.46. The van der Waals surface area contributed by atoms with E-state index in [0.29, 0.717) is 6.04 Å². The van der Waals surface area contributed by atoms with Crippen LogP contribution in [-0.4, -0.2) is 43.7 Å². The molecular formula is C16H26ClN3. The number of unbranched alkanes of at least 4 members (excludes halogenated alkanes) is 1. The second-order valence-electron chi connectivity index (χ2n) is 5.75. The zero-order valence-electron chi connectivity index (χ0n) is 12.4. The summed E-state index contributed by atoms with van der Waals surface area (Å²) in [5, 5.41) is 0.859. The van der Waals surface area contributed by atoms with Crippen LogP contribution in [0.4, 0.5) is 5.69 Å². The lowest BCUT2D eigenvalue weighted by molar-refractivity contribution is 0.251. The van der Waals surface area contributed by atoms with Crippen LogP contribution >= 0.6 is 11.6 Å². The SMILES string of the molecule is CC(N)CCCCN1CCN(c2ccccc2Cl)CC1. The number of hydrogen-bond acceptors (Lipinski definition) is 3. The topological polar surface area (TPSA) is 32.5 Å². The predicted octanol–water partition coefficient (Wildman–Crippen LogP) is 2.98. The van der Waals surface area contributed by atoms with Crippen molar-refractivity contribution >= 4 is 17.3 Å².